The molecule has 3 rings (SSSR count). The molecule has 2 aromatic carbocycles. The fourth-order valence-electron chi connectivity index (χ4n) is 3.26. The van der Waals surface area contributed by atoms with E-state index in [2.05, 4.69) is 10.9 Å². The number of halogens is 6. The summed E-state index contributed by atoms with van der Waals surface area (Å²) in [4.78, 5) is 13.1. The van der Waals surface area contributed by atoms with E-state index in [0.29, 0.717) is 5.02 Å². The number of nitrogens with one attached hydrogen (secondary N) is 2. The summed E-state index contributed by atoms with van der Waals surface area (Å²) in [5.74, 6) is -0.512. The molecule has 0 aliphatic carbocycles. The van der Waals surface area contributed by atoms with E-state index < -0.39 is 23.1 Å². The number of rotatable bonds is 4. The second-order valence-electron chi connectivity index (χ2n) is 6.60. The van der Waals surface area contributed by atoms with Crippen LogP contribution in [-0.2, 0) is 21.1 Å². The van der Waals surface area contributed by atoms with E-state index in [0.717, 1.165) is 12.1 Å². The van der Waals surface area contributed by atoms with Gasteiger partial charge in [-0.2, -0.15) is 13.2 Å². The van der Waals surface area contributed by atoms with Gasteiger partial charge in [-0.05, 0) is 36.6 Å². The number of anilines is 1. The zero-order valence-corrected chi connectivity index (χ0v) is 17.1. The Hall–Kier alpha value is -1.67. The van der Waals surface area contributed by atoms with Gasteiger partial charge in [0.15, 0.2) is 0 Å². The third kappa shape index (κ3) is 4.74. The third-order valence-electron chi connectivity index (χ3n) is 4.83. The van der Waals surface area contributed by atoms with E-state index in [4.69, 9.17) is 39.5 Å². The number of hydrazine groups is 1. The predicted octanol–water partition coefficient (Wildman–Crippen LogP) is 5.86. The minimum Gasteiger partial charge on any atom is -0.381 e. The first-order valence-electron chi connectivity index (χ1n) is 8.60. The fraction of sp³-hybridized carbons (Fsp3) is 0.316. The number of benzene rings is 2. The molecule has 0 spiro atoms. The van der Waals surface area contributed by atoms with E-state index in [1.165, 1.54) is 24.3 Å². The van der Waals surface area contributed by atoms with Crippen LogP contribution in [-0.4, -0.2) is 19.1 Å². The van der Waals surface area contributed by atoms with Crippen LogP contribution in [0.1, 0.15) is 24.0 Å². The largest absolute Gasteiger partial charge is 0.416 e. The van der Waals surface area contributed by atoms with Crippen LogP contribution in [0.5, 0.6) is 0 Å². The van der Waals surface area contributed by atoms with Crippen LogP contribution >= 0.6 is 34.8 Å². The molecule has 2 aromatic rings. The van der Waals surface area contributed by atoms with Crippen molar-refractivity contribution in [2.24, 2.45) is 0 Å². The molecular formula is C19H16Cl3F3N2O2. The first kappa shape index (κ1) is 22.0. The van der Waals surface area contributed by atoms with Crippen molar-refractivity contribution < 1.29 is 22.7 Å². The summed E-state index contributed by atoms with van der Waals surface area (Å²) in [7, 11) is 0. The minimum absolute atomic E-state index is 0.183. The second-order valence-corrected chi connectivity index (χ2v) is 7.85. The average Bonchev–Trinajstić information content (AvgIpc) is 2.67. The van der Waals surface area contributed by atoms with Crippen LogP contribution in [0.15, 0.2) is 36.4 Å². The molecule has 2 N–H and O–H groups in total. The van der Waals surface area contributed by atoms with Gasteiger partial charge in [-0.1, -0.05) is 53.0 Å². The van der Waals surface area contributed by atoms with Crippen molar-refractivity contribution in [2.75, 3.05) is 18.6 Å². The summed E-state index contributed by atoms with van der Waals surface area (Å²) in [6.07, 6.45) is -4.06. The highest BCUT2D eigenvalue weighted by atomic mass is 35.5. The number of alkyl halides is 3. The maximum atomic E-state index is 13.2. The van der Waals surface area contributed by atoms with Gasteiger partial charge in [0.1, 0.15) is 0 Å². The number of ether oxygens (including phenoxy) is 1. The van der Waals surface area contributed by atoms with E-state index in [9.17, 15) is 18.0 Å². The molecule has 4 nitrogen and oxygen atoms in total. The molecule has 1 amide bonds. The van der Waals surface area contributed by atoms with Gasteiger partial charge in [0.25, 0.3) is 0 Å². The SMILES string of the molecule is O=C(NNc1c(Cl)cc(Cl)cc1Cl)C1(c2cccc(C(F)(F)F)c2)CCOCC1. The van der Waals surface area contributed by atoms with Crippen LogP contribution in [0.2, 0.25) is 15.1 Å². The summed E-state index contributed by atoms with van der Waals surface area (Å²) in [6.45, 7) is 0.484. The Balaban J connectivity index is 1.90. The molecule has 0 unspecified atom stereocenters. The van der Waals surface area contributed by atoms with Crippen LogP contribution in [0, 0.1) is 0 Å². The Morgan fingerprint density at radius 1 is 1.03 bits per heavy atom. The van der Waals surface area contributed by atoms with Gasteiger partial charge >= 0.3 is 6.18 Å². The number of hydrogen-bond donors (Lipinski definition) is 2. The summed E-state index contributed by atoms with van der Waals surface area (Å²) in [5, 5.41) is 0.688. The zero-order valence-electron chi connectivity index (χ0n) is 14.9. The molecule has 0 saturated carbocycles. The Bertz CT molecular complexity index is 893. The van der Waals surface area contributed by atoms with Crippen molar-refractivity contribution in [3.8, 4) is 0 Å². The van der Waals surface area contributed by atoms with Gasteiger partial charge in [0.05, 0.1) is 26.7 Å². The van der Waals surface area contributed by atoms with Crippen LogP contribution in [0.4, 0.5) is 18.9 Å². The monoisotopic (exact) mass is 466 g/mol. The molecule has 1 aliphatic rings. The van der Waals surface area contributed by atoms with E-state index in [-0.39, 0.29) is 47.4 Å². The van der Waals surface area contributed by atoms with Crippen LogP contribution < -0.4 is 10.9 Å². The molecule has 29 heavy (non-hydrogen) atoms. The summed E-state index contributed by atoms with van der Waals surface area (Å²) >= 11 is 18.1. The van der Waals surface area contributed by atoms with Crippen molar-refractivity contribution in [2.45, 2.75) is 24.4 Å². The lowest BCUT2D eigenvalue weighted by Gasteiger charge is -2.36. The van der Waals surface area contributed by atoms with Gasteiger partial charge in [0.2, 0.25) is 5.91 Å². The third-order valence-corrected chi connectivity index (χ3v) is 5.65. The molecule has 1 saturated heterocycles. The highest BCUT2D eigenvalue weighted by Gasteiger charge is 2.43. The van der Waals surface area contributed by atoms with Gasteiger partial charge in [-0.15, -0.1) is 0 Å². The molecular weight excluding hydrogens is 452 g/mol. The lowest BCUT2D eigenvalue weighted by atomic mass is 9.73. The lowest BCUT2D eigenvalue weighted by Crippen LogP contribution is -2.49. The number of carbonyl (C=O) groups excluding carboxylic acids is 1. The Morgan fingerprint density at radius 3 is 2.24 bits per heavy atom. The molecule has 0 aromatic heterocycles. The molecule has 156 valence electrons. The standard InChI is InChI=1S/C19H16Cl3F3N2O2/c20-13-9-14(21)16(15(22)10-13)26-27-17(28)18(4-6-29-7-5-18)11-2-1-3-12(8-11)19(23,24)25/h1-3,8-10,26H,4-7H2,(H,27,28). The lowest BCUT2D eigenvalue weighted by molar-refractivity contribution is -0.138. The summed E-state index contributed by atoms with van der Waals surface area (Å²) in [6, 6.07) is 7.68. The molecule has 1 heterocycles. The van der Waals surface area contributed by atoms with Crippen molar-refractivity contribution in [1.29, 1.82) is 0 Å². The molecule has 10 heteroatoms. The van der Waals surface area contributed by atoms with Crippen LogP contribution in [0.25, 0.3) is 0 Å². The average molecular weight is 468 g/mol. The first-order valence-corrected chi connectivity index (χ1v) is 9.73. The highest BCUT2D eigenvalue weighted by Crippen LogP contribution is 2.39. The normalized spacial score (nSPS) is 16.3. The van der Waals surface area contributed by atoms with Crippen molar-refractivity contribution >= 4 is 46.4 Å². The smallest absolute Gasteiger partial charge is 0.381 e. The predicted molar refractivity (Wildman–Crippen MR) is 106 cm³/mol. The first-order chi connectivity index (χ1) is 13.6. The zero-order chi connectivity index (χ0) is 21.2. The Kier molecular flexibility index (Phi) is 6.53. The minimum atomic E-state index is -4.51. The molecule has 1 fully saturated rings. The van der Waals surface area contributed by atoms with E-state index >= 15 is 0 Å². The number of carbonyl (C=O) groups is 1. The van der Waals surface area contributed by atoms with Crippen LogP contribution in [0.3, 0.4) is 0 Å². The molecule has 0 atom stereocenters. The number of hydrogen-bond acceptors (Lipinski definition) is 3. The van der Waals surface area contributed by atoms with E-state index in [1.807, 2.05) is 0 Å². The summed E-state index contributed by atoms with van der Waals surface area (Å²) in [5.41, 5.74) is 3.68. The van der Waals surface area contributed by atoms with E-state index in [1.54, 1.807) is 0 Å². The maximum absolute atomic E-state index is 13.2. The Labute approximate surface area is 180 Å². The van der Waals surface area contributed by atoms with Gasteiger partial charge in [0, 0.05) is 18.2 Å². The van der Waals surface area contributed by atoms with Crippen molar-refractivity contribution in [3.05, 3.63) is 62.6 Å². The second kappa shape index (κ2) is 8.60. The Morgan fingerprint density at radius 2 is 1.66 bits per heavy atom. The maximum Gasteiger partial charge on any atom is 0.416 e. The fourth-order valence-corrected chi connectivity index (χ4v) is 4.17. The molecule has 1 aliphatic heterocycles. The van der Waals surface area contributed by atoms with Gasteiger partial charge < -0.3 is 4.74 Å². The van der Waals surface area contributed by atoms with Crippen molar-refractivity contribution in [1.82, 2.24) is 5.43 Å². The number of amides is 1. The van der Waals surface area contributed by atoms with Gasteiger partial charge in [-0.3, -0.25) is 15.6 Å². The van der Waals surface area contributed by atoms with Crippen molar-refractivity contribution in [3.63, 3.8) is 0 Å². The molecule has 0 radical (unpaired) electrons. The van der Waals surface area contributed by atoms with Gasteiger partial charge in [-0.25, -0.2) is 0 Å². The highest BCUT2D eigenvalue weighted by molar-refractivity contribution is 6.41. The quantitative estimate of drug-likeness (QED) is 0.554. The topological polar surface area (TPSA) is 50.4 Å². The summed E-state index contributed by atoms with van der Waals surface area (Å²) < 4.78 is 44.9. The molecule has 0 bridgehead atoms.